The molecule has 1 saturated carbocycles. The Morgan fingerprint density at radius 3 is 2.54 bits per heavy atom. The van der Waals surface area contributed by atoms with Gasteiger partial charge in [0.2, 0.25) is 5.91 Å². The molecule has 5 N–H and O–H groups in total. The lowest BCUT2D eigenvalue weighted by Gasteiger charge is -2.31. The molecule has 0 radical (unpaired) electrons. The number of carbonyl (C=O) groups is 3. The highest BCUT2D eigenvalue weighted by molar-refractivity contribution is 6.06. The molecular weight excluding hydrogens is 587 g/mol. The summed E-state index contributed by atoms with van der Waals surface area (Å²) >= 11 is 0. The molecule has 3 aliphatic rings. The molecule has 2 fully saturated rings. The summed E-state index contributed by atoms with van der Waals surface area (Å²) in [4.78, 5) is 40.5. The minimum absolute atomic E-state index is 0.0456. The number of nitrogens with two attached hydrogens (primary N) is 1. The number of fused-ring (bicyclic) bond motifs is 3. The Morgan fingerprint density at radius 2 is 1.80 bits per heavy atom. The fraction of sp³-hybridized carbons (Fsp3) is 0.514. The molecule has 10 nitrogen and oxygen atoms in total. The Bertz CT molecular complexity index is 1620. The molecule has 1 saturated heterocycles. The third-order valence-electron chi connectivity index (χ3n) is 9.71. The number of halogens is 1. The maximum Gasteiger partial charge on any atom is 0.315 e. The van der Waals surface area contributed by atoms with E-state index in [0.717, 1.165) is 80.7 Å². The van der Waals surface area contributed by atoms with Crippen molar-refractivity contribution in [3.8, 4) is 11.1 Å². The summed E-state index contributed by atoms with van der Waals surface area (Å²) in [7, 11) is 0. The van der Waals surface area contributed by atoms with Crippen LogP contribution in [0.4, 0.5) is 14.9 Å². The van der Waals surface area contributed by atoms with Crippen LogP contribution in [0.5, 0.6) is 0 Å². The van der Waals surface area contributed by atoms with E-state index >= 15 is 0 Å². The highest BCUT2D eigenvalue weighted by atomic mass is 19.1. The lowest BCUT2D eigenvalue weighted by molar-refractivity contribution is 0.0387. The fourth-order valence-electron chi connectivity index (χ4n) is 7.31. The summed E-state index contributed by atoms with van der Waals surface area (Å²) < 4.78 is 21.4. The van der Waals surface area contributed by atoms with Crippen molar-refractivity contribution in [2.45, 2.75) is 58.4 Å². The van der Waals surface area contributed by atoms with Gasteiger partial charge < -0.3 is 26.4 Å². The Morgan fingerprint density at radius 1 is 1.04 bits per heavy atom. The van der Waals surface area contributed by atoms with Gasteiger partial charge in [-0.25, -0.2) is 9.18 Å². The van der Waals surface area contributed by atoms with E-state index in [4.69, 9.17) is 10.5 Å². The normalized spacial score (nSPS) is 21.5. The second-order valence-corrected chi connectivity index (χ2v) is 13.8. The molecular formula is C35H45FN6O4. The number of benzene rings is 2. The van der Waals surface area contributed by atoms with Gasteiger partial charge in [0, 0.05) is 67.5 Å². The molecule has 0 atom stereocenters. The number of hydrogen-bond donors (Lipinski definition) is 4. The van der Waals surface area contributed by atoms with Gasteiger partial charge in [0.05, 0.1) is 24.3 Å². The van der Waals surface area contributed by atoms with Crippen LogP contribution in [0.15, 0.2) is 36.4 Å². The summed E-state index contributed by atoms with van der Waals surface area (Å²) in [5, 5.41) is 10.4. The average Bonchev–Trinajstić information content (AvgIpc) is 3.33. The first-order valence-electron chi connectivity index (χ1n) is 16.5. The quantitative estimate of drug-likeness (QED) is 0.269. The molecule has 0 bridgehead atoms. The van der Waals surface area contributed by atoms with Crippen molar-refractivity contribution in [3.05, 3.63) is 53.5 Å². The summed E-state index contributed by atoms with van der Waals surface area (Å²) in [6.07, 6.45) is 4.69. The maximum absolute atomic E-state index is 14.4. The first-order valence-corrected chi connectivity index (χ1v) is 16.5. The van der Waals surface area contributed by atoms with E-state index in [0.29, 0.717) is 48.6 Å². The van der Waals surface area contributed by atoms with Gasteiger partial charge in [-0.15, -0.1) is 0 Å². The number of amides is 3. The van der Waals surface area contributed by atoms with E-state index in [1.54, 1.807) is 16.7 Å². The van der Waals surface area contributed by atoms with Crippen LogP contribution < -0.4 is 21.7 Å². The fourth-order valence-corrected chi connectivity index (χ4v) is 7.31. The average molecular weight is 633 g/mol. The van der Waals surface area contributed by atoms with E-state index in [1.807, 2.05) is 12.1 Å². The van der Waals surface area contributed by atoms with Crippen LogP contribution in [0.2, 0.25) is 0 Å². The van der Waals surface area contributed by atoms with E-state index in [2.05, 4.69) is 34.7 Å². The molecule has 1 aliphatic carbocycles. The molecule has 3 heterocycles. The van der Waals surface area contributed by atoms with Gasteiger partial charge in [0.1, 0.15) is 5.82 Å². The first kappa shape index (κ1) is 32.0. The van der Waals surface area contributed by atoms with Crippen molar-refractivity contribution >= 4 is 34.4 Å². The van der Waals surface area contributed by atoms with Gasteiger partial charge >= 0.3 is 6.03 Å². The Balaban J connectivity index is 1.12. The molecule has 1 aromatic heterocycles. The van der Waals surface area contributed by atoms with E-state index < -0.39 is 11.7 Å². The van der Waals surface area contributed by atoms with Gasteiger partial charge in [-0.1, -0.05) is 19.9 Å². The SMILES string of the molecule is CC1(C)CC(=O)n2c(c(-c3ccc(C(N)=O)c(NCC4CCC(NC(=O)NCCN5CCOCC5)CC4)c3)c3ccc(F)cc32)C1. The summed E-state index contributed by atoms with van der Waals surface area (Å²) in [6, 6.07) is 10.1. The van der Waals surface area contributed by atoms with Crippen molar-refractivity contribution in [1.29, 1.82) is 0 Å². The largest absolute Gasteiger partial charge is 0.384 e. The Labute approximate surface area is 269 Å². The van der Waals surface area contributed by atoms with Crippen molar-refractivity contribution in [1.82, 2.24) is 20.1 Å². The molecule has 3 aromatic rings. The zero-order valence-electron chi connectivity index (χ0n) is 26.8. The minimum atomic E-state index is -0.524. The van der Waals surface area contributed by atoms with Gasteiger partial charge in [0.25, 0.3) is 5.91 Å². The lowest BCUT2D eigenvalue weighted by Crippen LogP contribution is -2.47. The number of primary amides is 1. The number of carbonyl (C=O) groups excluding carboxylic acids is 3. The van der Waals surface area contributed by atoms with Crippen LogP contribution in [0.25, 0.3) is 22.0 Å². The molecule has 0 unspecified atom stereocenters. The molecule has 6 rings (SSSR count). The number of urea groups is 1. The number of anilines is 1. The molecule has 0 spiro atoms. The van der Waals surface area contributed by atoms with Crippen LogP contribution in [-0.4, -0.2) is 79.3 Å². The molecule has 2 aromatic carbocycles. The van der Waals surface area contributed by atoms with E-state index in [1.165, 1.54) is 12.1 Å². The summed E-state index contributed by atoms with van der Waals surface area (Å²) in [6.45, 7) is 9.53. The van der Waals surface area contributed by atoms with Crippen molar-refractivity contribution in [2.24, 2.45) is 17.1 Å². The topological polar surface area (TPSA) is 131 Å². The number of hydrogen-bond acceptors (Lipinski definition) is 6. The summed E-state index contributed by atoms with van der Waals surface area (Å²) in [5.74, 6) is -0.589. The third kappa shape index (κ3) is 7.05. The molecule has 11 heteroatoms. The standard InChI is InChI=1S/C35H45FN6O4/c1-35(2)19-30-32(27-10-6-24(36)18-29(27)42(30)31(43)20-35)23-5-9-26(33(37)44)28(17-23)39-21-22-3-7-25(8-4-22)40-34(45)38-11-12-41-13-15-46-16-14-41/h5-6,9-10,17-18,22,25,39H,3-4,7-8,11-16,19-21H2,1-2H3,(H2,37,44)(H2,38,40,45). The summed E-state index contributed by atoms with van der Waals surface area (Å²) in [5.41, 5.74) is 9.73. The zero-order chi connectivity index (χ0) is 32.4. The molecule has 3 amide bonds. The Hall–Kier alpha value is -3.96. The highest BCUT2D eigenvalue weighted by Crippen LogP contribution is 2.43. The number of nitrogens with one attached hydrogen (secondary N) is 3. The third-order valence-corrected chi connectivity index (χ3v) is 9.71. The number of aromatic nitrogens is 1. The van der Waals surface area contributed by atoms with Gasteiger partial charge in [-0.05, 0) is 79.3 Å². The highest BCUT2D eigenvalue weighted by Gasteiger charge is 2.35. The van der Waals surface area contributed by atoms with Gasteiger partial charge in [-0.3, -0.25) is 19.1 Å². The van der Waals surface area contributed by atoms with Crippen molar-refractivity contribution < 1.29 is 23.5 Å². The first-order chi connectivity index (χ1) is 22.1. The second-order valence-electron chi connectivity index (χ2n) is 13.8. The van der Waals surface area contributed by atoms with Crippen LogP contribution in [0, 0.1) is 17.2 Å². The minimum Gasteiger partial charge on any atom is -0.384 e. The van der Waals surface area contributed by atoms with Crippen LogP contribution in [0.1, 0.15) is 66.8 Å². The van der Waals surface area contributed by atoms with Gasteiger partial charge in [0.15, 0.2) is 0 Å². The van der Waals surface area contributed by atoms with Crippen LogP contribution >= 0.6 is 0 Å². The van der Waals surface area contributed by atoms with Gasteiger partial charge in [-0.2, -0.15) is 0 Å². The molecule has 46 heavy (non-hydrogen) atoms. The monoisotopic (exact) mass is 632 g/mol. The predicted octanol–water partition coefficient (Wildman–Crippen LogP) is 4.76. The second kappa shape index (κ2) is 13.4. The maximum atomic E-state index is 14.4. The number of ether oxygens (including phenoxy) is 1. The van der Waals surface area contributed by atoms with Crippen molar-refractivity contribution in [3.63, 3.8) is 0 Å². The number of rotatable bonds is 9. The van der Waals surface area contributed by atoms with Crippen molar-refractivity contribution in [2.75, 3.05) is 51.3 Å². The lowest BCUT2D eigenvalue weighted by atomic mass is 9.80. The predicted molar refractivity (Wildman–Crippen MR) is 177 cm³/mol. The Kier molecular flexibility index (Phi) is 9.33. The molecule has 246 valence electrons. The smallest absolute Gasteiger partial charge is 0.315 e. The zero-order valence-corrected chi connectivity index (χ0v) is 26.8. The van der Waals surface area contributed by atoms with E-state index in [9.17, 15) is 18.8 Å². The molecule has 2 aliphatic heterocycles. The van der Waals surface area contributed by atoms with Crippen LogP contribution in [0.3, 0.4) is 0 Å². The van der Waals surface area contributed by atoms with E-state index in [-0.39, 0.29) is 23.4 Å². The number of morpholine rings is 1. The number of nitrogens with zero attached hydrogens (tertiary/aromatic N) is 2. The van der Waals surface area contributed by atoms with Crippen LogP contribution in [-0.2, 0) is 11.2 Å².